The largest absolute Gasteiger partial charge is 0.349 e. The van der Waals surface area contributed by atoms with E-state index in [9.17, 15) is 17.6 Å². The van der Waals surface area contributed by atoms with Crippen LogP contribution < -0.4 is 10.0 Å². The van der Waals surface area contributed by atoms with Crippen molar-refractivity contribution in [2.24, 2.45) is 0 Å². The zero-order valence-electron chi connectivity index (χ0n) is 16.9. The SMILES string of the molecule is Cc1cc(S(=O)(=O)Nc2ccc(C(=O)NC3CCN(C4CC4)CC3)cc2)ccc1F. The van der Waals surface area contributed by atoms with Crippen LogP contribution in [0.15, 0.2) is 47.4 Å². The fourth-order valence-electron chi connectivity index (χ4n) is 3.81. The van der Waals surface area contributed by atoms with E-state index >= 15 is 0 Å². The highest BCUT2D eigenvalue weighted by Gasteiger charge is 2.32. The summed E-state index contributed by atoms with van der Waals surface area (Å²) in [4.78, 5) is 15.0. The lowest BCUT2D eigenvalue weighted by atomic mass is 10.0. The Bertz CT molecular complexity index is 1030. The van der Waals surface area contributed by atoms with E-state index in [4.69, 9.17) is 0 Å². The van der Waals surface area contributed by atoms with Crippen LogP contribution >= 0.6 is 0 Å². The van der Waals surface area contributed by atoms with Crippen molar-refractivity contribution < 1.29 is 17.6 Å². The number of benzene rings is 2. The molecule has 2 N–H and O–H groups in total. The zero-order chi connectivity index (χ0) is 21.3. The second-order valence-electron chi connectivity index (χ2n) is 8.11. The summed E-state index contributed by atoms with van der Waals surface area (Å²) in [5.74, 6) is -0.606. The second-order valence-corrected chi connectivity index (χ2v) is 9.79. The number of sulfonamides is 1. The standard InChI is InChI=1S/C22H26FN3O3S/c1-15-14-20(8-9-21(15)23)30(28,29)25-18-4-2-16(3-5-18)22(27)24-17-10-12-26(13-11-17)19-6-7-19/h2-5,8-9,14,17,19,25H,6-7,10-13H2,1H3,(H,24,27). The molecule has 0 aromatic heterocycles. The summed E-state index contributed by atoms with van der Waals surface area (Å²) in [5.41, 5.74) is 1.08. The van der Waals surface area contributed by atoms with Crippen molar-refractivity contribution in [3.05, 3.63) is 59.4 Å². The first-order valence-corrected chi connectivity index (χ1v) is 11.7. The van der Waals surface area contributed by atoms with E-state index in [1.54, 1.807) is 24.3 Å². The molecule has 4 rings (SSSR count). The van der Waals surface area contributed by atoms with Gasteiger partial charge >= 0.3 is 0 Å². The molecule has 1 saturated carbocycles. The van der Waals surface area contributed by atoms with E-state index in [-0.39, 0.29) is 22.4 Å². The summed E-state index contributed by atoms with van der Waals surface area (Å²) in [6.45, 7) is 3.57. The first-order chi connectivity index (χ1) is 14.3. The van der Waals surface area contributed by atoms with Crippen LogP contribution in [0.2, 0.25) is 0 Å². The van der Waals surface area contributed by atoms with Crippen LogP contribution in [-0.4, -0.2) is 44.4 Å². The molecule has 1 heterocycles. The number of likely N-dealkylation sites (tertiary alicyclic amines) is 1. The van der Waals surface area contributed by atoms with Gasteiger partial charge in [0.15, 0.2) is 0 Å². The van der Waals surface area contributed by atoms with Gasteiger partial charge in [0.2, 0.25) is 0 Å². The average Bonchev–Trinajstić information content (AvgIpc) is 3.56. The summed E-state index contributed by atoms with van der Waals surface area (Å²) in [5, 5.41) is 3.08. The van der Waals surface area contributed by atoms with E-state index in [0.717, 1.165) is 38.0 Å². The van der Waals surface area contributed by atoms with Gasteiger partial charge in [-0.1, -0.05) is 0 Å². The van der Waals surface area contributed by atoms with Gasteiger partial charge in [-0.15, -0.1) is 0 Å². The van der Waals surface area contributed by atoms with Gasteiger partial charge in [0.1, 0.15) is 5.82 Å². The normalized spacial score (nSPS) is 18.2. The van der Waals surface area contributed by atoms with Crippen molar-refractivity contribution in [3.63, 3.8) is 0 Å². The molecule has 6 nitrogen and oxygen atoms in total. The molecule has 1 amide bonds. The van der Waals surface area contributed by atoms with E-state index in [1.165, 1.54) is 31.9 Å². The zero-order valence-corrected chi connectivity index (χ0v) is 17.7. The number of halogens is 1. The maximum atomic E-state index is 13.4. The predicted octanol–water partition coefficient (Wildman–Crippen LogP) is 3.29. The number of rotatable bonds is 6. The van der Waals surface area contributed by atoms with Gasteiger partial charge in [-0.25, -0.2) is 12.8 Å². The first kappa shape index (κ1) is 20.8. The molecule has 2 fully saturated rings. The Morgan fingerprint density at radius 2 is 1.70 bits per heavy atom. The summed E-state index contributed by atoms with van der Waals surface area (Å²) in [7, 11) is -3.84. The van der Waals surface area contributed by atoms with Crippen molar-refractivity contribution in [1.29, 1.82) is 0 Å². The smallest absolute Gasteiger partial charge is 0.261 e. The Morgan fingerprint density at radius 3 is 2.30 bits per heavy atom. The number of hydrogen-bond acceptors (Lipinski definition) is 4. The third kappa shape index (κ3) is 4.82. The summed E-state index contributed by atoms with van der Waals surface area (Å²) >= 11 is 0. The lowest BCUT2D eigenvalue weighted by molar-refractivity contribution is 0.0909. The highest BCUT2D eigenvalue weighted by atomic mass is 32.2. The molecule has 30 heavy (non-hydrogen) atoms. The Balaban J connectivity index is 1.35. The maximum absolute atomic E-state index is 13.4. The van der Waals surface area contributed by atoms with Crippen LogP contribution in [0.5, 0.6) is 0 Å². The molecular formula is C22H26FN3O3S. The summed E-state index contributed by atoms with van der Waals surface area (Å²) in [6.07, 6.45) is 4.51. The summed E-state index contributed by atoms with van der Waals surface area (Å²) in [6, 6.07) is 10.9. The molecule has 2 aromatic carbocycles. The first-order valence-electron chi connectivity index (χ1n) is 10.3. The molecule has 0 atom stereocenters. The van der Waals surface area contributed by atoms with Crippen LogP contribution in [0.1, 0.15) is 41.6 Å². The Hall–Kier alpha value is -2.45. The number of amides is 1. The Kier molecular flexibility index (Phi) is 5.79. The summed E-state index contributed by atoms with van der Waals surface area (Å²) < 4.78 is 40.9. The molecule has 0 bridgehead atoms. The van der Waals surface area contributed by atoms with Crippen molar-refractivity contribution in [2.75, 3.05) is 17.8 Å². The number of carbonyl (C=O) groups excluding carboxylic acids is 1. The number of aryl methyl sites for hydroxylation is 1. The Morgan fingerprint density at radius 1 is 1.03 bits per heavy atom. The number of anilines is 1. The molecule has 0 radical (unpaired) electrons. The van der Waals surface area contributed by atoms with E-state index < -0.39 is 15.8 Å². The van der Waals surface area contributed by atoms with Gasteiger partial charge in [0.05, 0.1) is 4.90 Å². The molecular weight excluding hydrogens is 405 g/mol. The topological polar surface area (TPSA) is 78.5 Å². The minimum atomic E-state index is -3.84. The van der Waals surface area contributed by atoms with Gasteiger partial charge in [0, 0.05) is 36.4 Å². The molecule has 1 aliphatic heterocycles. The van der Waals surface area contributed by atoms with Crippen LogP contribution in [0.4, 0.5) is 10.1 Å². The molecule has 2 aromatic rings. The highest BCUT2D eigenvalue weighted by molar-refractivity contribution is 7.92. The number of carbonyl (C=O) groups is 1. The van der Waals surface area contributed by atoms with Crippen molar-refractivity contribution >= 4 is 21.6 Å². The average molecular weight is 432 g/mol. The molecule has 1 aliphatic carbocycles. The van der Waals surface area contributed by atoms with E-state index in [1.807, 2.05) is 0 Å². The van der Waals surface area contributed by atoms with Crippen molar-refractivity contribution in [2.45, 2.75) is 49.6 Å². The number of nitrogens with one attached hydrogen (secondary N) is 2. The quantitative estimate of drug-likeness (QED) is 0.736. The highest BCUT2D eigenvalue weighted by Crippen LogP contribution is 2.29. The maximum Gasteiger partial charge on any atom is 0.261 e. The van der Waals surface area contributed by atoms with Gasteiger partial charge in [0.25, 0.3) is 15.9 Å². The molecule has 0 unspecified atom stereocenters. The van der Waals surface area contributed by atoms with Gasteiger partial charge < -0.3 is 10.2 Å². The Labute approximate surface area is 176 Å². The lowest BCUT2D eigenvalue weighted by Gasteiger charge is -2.32. The van der Waals surface area contributed by atoms with Crippen LogP contribution in [-0.2, 0) is 10.0 Å². The van der Waals surface area contributed by atoms with E-state index in [2.05, 4.69) is 14.9 Å². The van der Waals surface area contributed by atoms with E-state index in [0.29, 0.717) is 11.3 Å². The number of piperidine rings is 1. The molecule has 0 spiro atoms. The third-order valence-electron chi connectivity index (χ3n) is 5.77. The van der Waals surface area contributed by atoms with Crippen molar-refractivity contribution in [1.82, 2.24) is 10.2 Å². The monoisotopic (exact) mass is 431 g/mol. The van der Waals surface area contributed by atoms with Crippen LogP contribution in [0.3, 0.4) is 0 Å². The minimum absolute atomic E-state index is 0.0132. The van der Waals surface area contributed by atoms with Gasteiger partial charge in [-0.3, -0.25) is 9.52 Å². The van der Waals surface area contributed by atoms with Gasteiger partial charge in [-0.05, 0) is 80.6 Å². The molecule has 8 heteroatoms. The minimum Gasteiger partial charge on any atom is -0.349 e. The second kappa shape index (κ2) is 8.35. The molecule has 2 aliphatic rings. The third-order valence-corrected chi connectivity index (χ3v) is 7.15. The molecule has 1 saturated heterocycles. The fraction of sp³-hybridized carbons (Fsp3) is 0.409. The fourth-order valence-corrected chi connectivity index (χ4v) is 4.95. The number of hydrogen-bond donors (Lipinski definition) is 2. The van der Waals surface area contributed by atoms with Gasteiger partial charge in [-0.2, -0.15) is 0 Å². The van der Waals surface area contributed by atoms with Crippen LogP contribution in [0, 0.1) is 12.7 Å². The predicted molar refractivity (Wildman–Crippen MR) is 113 cm³/mol. The van der Waals surface area contributed by atoms with Crippen molar-refractivity contribution in [3.8, 4) is 0 Å². The lowest BCUT2D eigenvalue weighted by Crippen LogP contribution is -2.45. The van der Waals surface area contributed by atoms with Crippen LogP contribution in [0.25, 0.3) is 0 Å². The number of nitrogens with zero attached hydrogens (tertiary/aromatic N) is 1. The molecule has 160 valence electrons.